The van der Waals surface area contributed by atoms with Crippen molar-refractivity contribution in [3.8, 4) is 0 Å². The number of carbonyl (C=O) groups excluding carboxylic acids is 1. The van der Waals surface area contributed by atoms with Crippen LogP contribution in [0.4, 0.5) is 36.8 Å². The van der Waals surface area contributed by atoms with Crippen molar-refractivity contribution in [2.75, 3.05) is 17.6 Å². The molecule has 0 radical (unpaired) electrons. The first-order valence-electron chi connectivity index (χ1n) is 7.58. The molecule has 1 aliphatic rings. The summed E-state index contributed by atoms with van der Waals surface area (Å²) in [5.41, 5.74) is -3.57. The number of anilines is 1. The number of carbonyl (C=O) groups is 1. The fraction of sp³-hybridized carbons (Fsp3) is 0.312. The molecule has 2 heterocycles. The lowest BCUT2D eigenvalue weighted by Crippen LogP contribution is -2.34. The van der Waals surface area contributed by atoms with Crippen LogP contribution in [-0.4, -0.2) is 23.2 Å². The molecule has 27 heavy (non-hydrogen) atoms. The van der Waals surface area contributed by atoms with Crippen molar-refractivity contribution in [1.29, 1.82) is 0 Å². The van der Waals surface area contributed by atoms with Crippen molar-refractivity contribution in [3.05, 3.63) is 53.5 Å². The van der Waals surface area contributed by atoms with Crippen molar-refractivity contribution in [3.63, 3.8) is 0 Å². The van der Waals surface area contributed by atoms with Gasteiger partial charge in [0.1, 0.15) is 11.1 Å². The topological polar surface area (TPSA) is 45.5 Å². The van der Waals surface area contributed by atoms with Gasteiger partial charge in [0.2, 0.25) is 0 Å². The zero-order valence-electron chi connectivity index (χ0n) is 13.4. The Labute approximate surface area is 153 Å². The molecule has 1 atom stereocenters. The molecule has 146 valence electrons. The van der Waals surface area contributed by atoms with Crippen LogP contribution in [-0.2, 0) is 12.4 Å². The normalized spacial score (nSPS) is 18.0. The van der Waals surface area contributed by atoms with E-state index in [4.69, 9.17) is 4.42 Å². The maximum atomic E-state index is 12.9. The number of nitrogens with one attached hydrogen (secondary N) is 1. The van der Waals surface area contributed by atoms with Crippen LogP contribution in [0, 0.1) is 0 Å². The van der Waals surface area contributed by atoms with Crippen molar-refractivity contribution in [2.45, 2.75) is 17.7 Å². The van der Waals surface area contributed by atoms with Gasteiger partial charge in [-0.1, -0.05) is 0 Å². The highest BCUT2D eigenvalue weighted by atomic mass is 32.2. The van der Waals surface area contributed by atoms with E-state index >= 15 is 0 Å². The largest absolute Gasteiger partial charge is 0.466 e. The number of benzene rings is 1. The maximum Gasteiger partial charge on any atom is 0.416 e. The highest BCUT2D eigenvalue weighted by Gasteiger charge is 2.38. The van der Waals surface area contributed by atoms with Gasteiger partial charge in [-0.05, 0) is 30.3 Å². The molecule has 0 aliphatic carbocycles. The number of urea groups is 1. The first-order chi connectivity index (χ1) is 12.6. The van der Waals surface area contributed by atoms with E-state index in [1.54, 1.807) is 12.1 Å². The fourth-order valence-electron chi connectivity index (χ4n) is 2.57. The molecule has 1 saturated heterocycles. The lowest BCUT2D eigenvalue weighted by Gasteiger charge is -2.23. The van der Waals surface area contributed by atoms with Crippen molar-refractivity contribution >= 4 is 23.5 Å². The van der Waals surface area contributed by atoms with E-state index in [0.717, 1.165) is 0 Å². The minimum Gasteiger partial charge on any atom is -0.466 e. The number of furan rings is 1. The van der Waals surface area contributed by atoms with Crippen molar-refractivity contribution in [2.24, 2.45) is 0 Å². The summed E-state index contributed by atoms with van der Waals surface area (Å²) in [6, 6.07) is 3.39. The number of alkyl halides is 6. The molecule has 3 rings (SSSR count). The number of thioether (sulfide) groups is 1. The van der Waals surface area contributed by atoms with Crippen LogP contribution in [0.2, 0.25) is 0 Å². The maximum absolute atomic E-state index is 12.9. The minimum atomic E-state index is -4.99. The summed E-state index contributed by atoms with van der Waals surface area (Å²) in [6.45, 7) is 0.271. The standard InChI is InChI=1S/C16H12F6N2O2S/c17-15(18,19)9-6-10(16(20,21)22)8-11(7-9)23-14(25)24-3-5-27-13(24)12-2-1-4-26-12/h1-2,4,6-8,13H,3,5H2,(H,23,25). The summed E-state index contributed by atoms with van der Waals surface area (Å²) in [5, 5.41) is 1.63. The number of nitrogens with zero attached hydrogens (tertiary/aromatic N) is 1. The molecule has 1 unspecified atom stereocenters. The molecule has 1 aromatic heterocycles. The van der Waals surface area contributed by atoms with Gasteiger partial charge in [0.25, 0.3) is 0 Å². The Hall–Kier alpha value is -2.30. The zero-order valence-corrected chi connectivity index (χ0v) is 14.2. The van der Waals surface area contributed by atoms with Crippen LogP contribution < -0.4 is 5.32 Å². The molecule has 0 saturated carbocycles. The van der Waals surface area contributed by atoms with Crippen LogP contribution in [0.15, 0.2) is 41.0 Å². The highest BCUT2D eigenvalue weighted by Crippen LogP contribution is 2.40. The van der Waals surface area contributed by atoms with Crippen LogP contribution in [0.5, 0.6) is 0 Å². The summed E-state index contributed by atoms with van der Waals surface area (Å²) < 4.78 is 82.7. The molecule has 2 amide bonds. The van der Waals surface area contributed by atoms with Gasteiger partial charge in [0.15, 0.2) is 0 Å². The second-order valence-electron chi connectivity index (χ2n) is 5.66. The summed E-state index contributed by atoms with van der Waals surface area (Å²) in [6.07, 6.45) is -8.56. The molecule has 1 aliphatic heterocycles. The Morgan fingerprint density at radius 1 is 1.11 bits per heavy atom. The second kappa shape index (κ2) is 7.02. The fourth-order valence-corrected chi connectivity index (χ4v) is 3.77. The molecule has 0 bridgehead atoms. The number of halogens is 6. The predicted octanol–water partition coefficient (Wildman–Crippen LogP) is 5.60. The van der Waals surface area contributed by atoms with E-state index in [1.807, 2.05) is 0 Å². The predicted molar refractivity (Wildman–Crippen MR) is 86.1 cm³/mol. The molecular formula is C16H12F6N2O2S. The van der Waals surface area contributed by atoms with Crippen LogP contribution in [0.3, 0.4) is 0 Å². The van der Waals surface area contributed by atoms with Crippen molar-refractivity contribution in [1.82, 2.24) is 4.90 Å². The molecular weight excluding hydrogens is 398 g/mol. The monoisotopic (exact) mass is 410 g/mol. The third-order valence-corrected chi connectivity index (χ3v) is 5.00. The Kier molecular flexibility index (Phi) is 5.06. The number of amides is 2. The van der Waals surface area contributed by atoms with Gasteiger partial charge in [0.05, 0.1) is 17.4 Å². The van der Waals surface area contributed by atoms with Crippen molar-refractivity contribution < 1.29 is 35.6 Å². The molecule has 11 heteroatoms. The number of rotatable bonds is 2. The van der Waals surface area contributed by atoms with E-state index in [9.17, 15) is 31.1 Å². The van der Waals surface area contributed by atoms with E-state index in [-0.39, 0.29) is 12.6 Å². The Bertz CT molecular complexity index is 787. The van der Waals surface area contributed by atoms with Crippen LogP contribution in [0.1, 0.15) is 22.3 Å². The van der Waals surface area contributed by atoms with E-state index < -0.39 is 40.6 Å². The quantitative estimate of drug-likeness (QED) is 0.656. The first-order valence-corrected chi connectivity index (χ1v) is 8.63. The zero-order chi connectivity index (χ0) is 19.8. The van der Waals surface area contributed by atoms with Gasteiger partial charge >= 0.3 is 18.4 Å². The number of hydrogen-bond donors (Lipinski definition) is 1. The SMILES string of the molecule is O=C(Nc1cc(C(F)(F)F)cc(C(F)(F)F)c1)N1CCSC1c1ccco1. The Morgan fingerprint density at radius 3 is 2.26 bits per heavy atom. The summed E-state index contributed by atoms with van der Waals surface area (Å²) >= 11 is 1.37. The highest BCUT2D eigenvalue weighted by molar-refractivity contribution is 7.99. The number of hydrogen-bond acceptors (Lipinski definition) is 3. The summed E-state index contributed by atoms with van der Waals surface area (Å²) in [7, 11) is 0. The Morgan fingerprint density at radius 2 is 1.74 bits per heavy atom. The molecule has 0 spiro atoms. The average molecular weight is 410 g/mol. The van der Waals surface area contributed by atoms with Gasteiger partial charge < -0.3 is 14.6 Å². The van der Waals surface area contributed by atoms with Crippen LogP contribution >= 0.6 is 11.8 Å². The molecule has 1 aromatic carbocycles. The lowest BCUT2D eigenvalue weighted by atomic mass is 10.1. The van der Waals surface area contributed by atoms with E-state index in [1.165, 1.54) is 22.9 Å². The van der Waals surface area contributed by atoms with Gasteiger partial charge in [-0.3, -0.25) is 0 Å². The summed E-state index contributed by atoms with van der Waals surface area (Å²) in [4.78, 5) is 13.7. The van der Waals surface area contributed by atoms with Crippen LogP contribution in [0.25, 0.3) is 0 Å². The van der Waals surface area contributed by atoms with Gasteiger partial charge in [-0.25, -0.2) is 4.79 Å². The second-order valence-corrected chi connectivity index (χ2v) is 6.84. The molecule has 1 N–H and O–H groups in total. The van der Waals surface area contributed by atoms with Gasteiger partial charge in [0, 0.05) is 18.0 Å². The van der Waals surface area contributed by atoms with Gasteiger partial charge in [-0.2, -0.15) is 26.3 Å². The third-order valence-electron chi connectivity index (χ3n) is 3.78. The minimum absolute atomic E-state index is 0.00696. The van der Waals surface area contributed by atoms with E-state index in [0.29, 0.717) is 23.6 Å². The Balaban J connectivity index is 1.87. The first kappa shape index (κ1) is 19.5. The molecule has 4 nitrogen and oxygen atoms in total. The lowest BCUT2D eigenvalue weighted by molar-refractivity contribution is -0.143. The van der Waals surface area contributed by atoms with E-state index in [2.05, 4.69) is 5.32 Å². The average Bonchev–Trinajstić information content (AvgIpc) is 3.24. The molecule has 1 fully saturated rings. The van der Waals surface area contributed by atoms with Gasteiger partial charge in [-0.15, -0.1) is 11.8 Å². The smallest absolute Gasteiger partial charge is 0.416 e. The third kappa shape index (κ3) is 4.34. The molecule has 2 aromatic rings. The summed E-state index contributed by atoms with van der Waals surface area (Å²) in [5.74, 6) is 1.02.